The molecule has 0 aromatic heterocycles. The van der Waals surface area contributed by atoms with E-state index in [1.807, 2.05) is 38.7 Å². The number of amides is 1. The zero-order chi connectivity index (χ0) is 24.6. The zero-order valence-electron chi connectivity index (χ0n) is 20.5. The number of halogens is 1. The quantitative estimate of drug-likeness (QED) is 0.658. The van der Waals surface area contributed by atoms with E-state index in [0.717, 1.165) is 27.9 Å². The van der Waals surface area contributed by atoms with Crippen LogP contribution in [0, 0.1) is 39.4 Å². The summed E-state index contributed by atoms with van der Waals surface area (Å²) in [5.74, 6) is -0.284. The van der Waals surface area contributed by atoms with Crippen LogP contribution in [0.2, 0.25) is 0 Å². The van der Waals surface area contributed by atoms with E-state index in [1.165, 1.54) is 12.1 Å². The van der Waals surface area contributed by atoms with Crippen molar-refractivity contribution in [3.63, 3.8) is 0 Å². The number of carbonyl (C=O) groups excluding carboxylic acids is 1. The van der Waals surface area contributed by atoms with Crippen molar-refractivity contribution in [2.75, 3.05) is 44.2 Å². The Balaban J connectivity index is 1.37. The number of aryl methyl sites for hydroxylation is 2. The van der Waals surface area contributed by atoms with Crippen LogP contribution < -0.4 is 4.90 Å². The molecule has 0 radical (unpaired) electrons. The fourth-order valence-corrected chi connectivity index (χ4v) is 7.18. The van der Waals surface area contributed by atoms with Crippen molar-refractivity contribution in [3.8, 4) is 0 Å². The fourth-order valence-electron chi connectivity index (χ4n) is 5.13. The van der Waals surface area contributed by atoms with Gasteiger partial charge in [0.1, 0.15) is 5.82 Å². The van der Waals surface area contributed by atoms with Crippen molar-refractivity contribution in [3.05, 3.63) is 58.4 Å². The lowest BCUT2D eigenvalue weighted by molar-refractivity contribution is -0.137. The first-order chi connectivity index (χ1) is 16.1. The molecule has 0 unspecified atom stereocenters. The minimum absolute atomic E-state index is 0.120. The molecule has 2 heterocycles. The molecule has 2 aliphatic rings. The summed E-state index contributed by atoms with van der Waals surface area (Å²) < 4.78 is 41.8. The van der Waals surface area contributed by atoms with E-state index in [1.54, 1.807) is 16.4 Å². The number of sulfonamides is 1. The van der Waals surface area contributed by atoms with Crippen LogP contribution in [0.5, 0.6) is 0 Å². The molecular formula is C26H34FN3O3S. The standard InChI is InChI=1S/C26H34FN3O3S/c1-18-17-19(2)21(4)25(20(18)3)34(32,33)30-11-9-22(10-12-30)26(31)29-15-13-28(14-16-29)24-7-5-23(27)6-8-24/h5-8,17,22H,9-16H2,1-4H3. The van der Waals surface area contributed by atoms with Crippen molar-refractivity contribution in [1.82, 2.24) is 9.21 Å². The number of anilines is 1. The Labute approximate surface area is 202 Å². The van der Waals surface area contributed by atoms with E-state index in [0.29, 0.717) is 57.0 Å². The van der Waals surface area contributed by atoms with Crippen molar-refractivity contribution >= 4 is 21.6 Å². The average molecular weight is 488 g/mol. The van der Waals surface area contributed by atoms with Gasteiger partial charge in [-0.2, -0.15) is 4.31 Å². The Hall–Kier alpha value is -2.45. The lowest BCUT2D eigenvalue weighted by Crippen LogP contribution is -2.52. The highest BCUT2D eigenvalue weighted by atomic mass is 32.2. The van der Waals surface area contributed by atoms with Crippen LogP contribution in [0.3, 0.4) is 0 Å². The molecule has 2 fully saturated rings. The number of piperazine rings is 1. The number of benzene rings is 2. The first-order valence-electron chi connectivity index (χ1n) is 12.0. The van der Waals surface area contributed by atoms with Gasteiger partial charge in [-0.3, -0.25) is 4.79 Å². The second kappa shape index (κ2) is 9.66. The summed E-state index contributed by atoms with van der Waals surface area (Å²) >= 11 is 0. The molecule has 0 bridgehead atoms. The maximum atomic E-state index is 13.5. The van der Waals surface area contributed by atoms with Crippen LogP contribution >= 0.6 is 0 Å². The van der Waals surface area contributed by atoms with E-state index in [4.69, 9.17) is 0 Å². The topological polar surface area (TPSA) is 60.9 Å². The molecule has 6 nitrogen and oxygen atoms in total. The predicted molar refractivity (Wildman–Crippen MR) is 132 cm³/mol. The third-order valence-corrected chi connectivity index (χ3v) is 9.65. The maximum Gasteiger partial charge on any atom is 0.243 e. The van der Waals surface area contributed by atoms with Crippen LogP contribution in [0.4, 0.5) is 10.1 Å². The second-order valence-electron chi connectivity index (χ2n) is 9.56. The Kier molecular flexibility index (Phi) is 7.01. The van der Waals surface area contributed by atoms with Gasteiger partial charge in [0.05, 0.1) is 4.90 Å². The van der Waals surface area contributed by atoms with Gasteiger partial charge in [-0.25, -0.2) is 12.8 Å². The molecule has 184 valence electrons. The van der Waals surface area contributed by atoms with Gasteiger partial charge < -0.3 is 9.80 Å². The van der Waals surface area contributed by atoms with Crippen LogP contribution in [-0.4, -0.2) is 62.8 Å². The largest absolute Gasteiger partial charge is 0.368 e. The monoisotopic (exact) mass is 487 g/mol. The minimum atomic E-state index is -3.61. The second-order valence-corrected chi connectivity index (χ2v) is 11.4. The third kappa shape index (κ3) is 4.70. The number of carbonyl (C=O) groups is 1. The zero-order valence-corrected chi connectivity index (χ0v) is 21.3. The Morgan fingerprint density at radius 1 is 0.853 bits per heavy atom. The molecule has 2 saturated heterocycles. The van der Waals surface area contributed by atoms with Gasteiger partial charge >= 0.3 is 0 Å². The van der Waals surface area contributed by atoms with Crippen molar-refractivity contribution in [2.24, 2.45) is 5.92 Å². The number of piperidine rings is 1. The molecule has 2 aliphatic heterocycles. The van der Waals surface area contributed by atoms with Crippen LogP contribution in [-0.2, 0) is 14.8 Å². The fraction of sp³-hybridized carbons (Fsp3) is 0.500. The molecule has 8 heteroatoms. The van der Waals surface area contributed by atoms with Crippen molar-refractivity contribution in [1.29, 1.82) is 0 Å². The number of nitrogens with zero attached hydrogens (tertiary/aromatic N) is 3. The minimum Gasteiger partial charge on any atom is -0.368 e. The molecule has 0 saturated carbocycles. The van der Waals surface area contributed by atoms with Gasteiger partial charge in [0.25, 0.3) is 0 Å². The summed E-state index contributed by atoms with van der Waals surface area (Å²) in [5.41, 5.74) is 4.53. The van der Waals surface area contributed by atoms with Gasteiger partial charge in [0.2, 0.25) is 15.9 Å². The van der Waals surface area contributed by atoms with Crippen molar-refractivity contribution in [2.45, 2.75) is 45.4 Å². The smallest absolute Gasteiger partial charge is 0.243 e. The Bertz CT molecular complexity index is 1140. The highest BCUT2D eigenvalue weighted by Crippen LogP contribution is 2.31. The van der Waals surface area contributed by atoms with Gasteiger partial charge in [0, 0.05) is 50.9 Å². The maximum absolute atomic E-state index is 13.5. The molecule has 1 amide bonds. The molecule has 4 rings (SSSR count). The molecule has 0 aliphatic carbocycles. The highest BCUT2D eigenvalue weighted by molar-refractivity contribution is 7.89. The van der Waals surface area contributed by atoms with Crippen LogP contribution in [0.25, 0.3) is 0 Å². The lowest BCUT2D eigenvalue weighted by atomic mass is 9.96. The summed E-state index contributed by atoms with van der Waals surface area (Å²) in [6, 6.07) is 8.47. The number of hydrogen-bond donors (Lipinski definition) is 0. The van der Waals surface area contributed by atoms with Crippen molar-refractivity contribution < 1.29 is 17.6 Å². The Morgan fingerprint density at radius 2 is 1.38 bits per heavy atom. The van der Waals surface area contributed by atoms with E-state index < -0.39 is 10.0 Å². The summed E-state index contributed by atoms with van der Waals surface area (Å²) in [4.78, 5) is 17.6. The van der Waals surface area contributed by atoms with Crippen LogP contribution in [0.15, 0.2) is 35.2 Å². The average Bonchev–Trinajstić information content (AvgIpc) is 2.83. The lowest BCUT2D eigenvalue weighted by Gasteiger charge is -2.39. The molecule has 0 spiro atoms. The number of hydrogen-bond acceptors (Lipinski definition) is 4. The summed E-state index contributed by atoms with van der Waals surface area (Å²) in [6.07, 6.45) is 1.08. The van der Waals surface area contributed by atoms with Gasteiger partial charge in [0.15, 0.2) is 0 Å². The Morgan fingerprint density at radius 3 is 1.91 bits per heavy atom. The van der Waals surface area contributed by atoms with E-state index >= 15 is 0 Å². The van der Waals surface area contributed by atoms with Gasteiger partial charge in [-0.05, 0) is 87.1 Å². The molecule has 0 atom stereocenters. The van der Waals surface area contributed by atoms with E-state index in [9.17, 15) is 17.6 Å². The number of rotatable bonds is 4. The van der Waals surface area contributed by atoms with E-state index in [2.05, 4.69) is 4.90 Å². The molecular weight excluding hydrogens is 453 g/mol. The molecule has 2 aromatic carbocycles. The first kappa shape index (κ1) is 24.7. The van der Waals surface area contributed by atoms with E-state index in [-0.39, 0.29) is 17.6 Å². The highest BCUT2D eigenvalue weighted by Gasteiger charge is 2.36. The van der Waals surface area contributed by atoms with Gasteiger partial charge in [-0.15, -0.1) is 0 Å². The summed E-state index contributed by atoms with van der Waals surface area (Å²) in [7, 11) is -3.61. The SMILES string of the molecule is Cc1cc(C)c(C)c(S(=O)(=O)N2CCC(C(=O)N3CCN(c4ccc(F)cc4)CC3)CC2)c1C. The third-order valence-electron chi connectivity index (χ3n) is 7.48. The summed E-state index contributed by atoms with van der Waals surface area (Å²) in [6.45, 7) is 11.0. The van der Waals surface area contributed by atoms with Gasteiger partial charge in [-0.1, -0.05) is 6.07 Å². The first-order valence-corrected chi connectivity index (χ1v) is 13.4. The predicted octanol–water partition coefficient (Wildman–Crippen LogP) is 3.81. The molecule has 34 heavy (non-hydrogen) atoms. The normalized spacial score (nSPS) is 18.4. The van der Waals surface area contributed by atoms with Crippen LogP contribution in [0.1, 0.15) is 35.1 Å². The molecule has 0 N–H and O–H groups in total. The summed E-state index contributed by atoms with van der Waals surface area (Å²) in [5, 5.41) is 0. The molecule has 2 aromatic rings.